The van der Waals surface area contributed by atoms with Gasteiger partial charge < -0.3 is 61.9 Å². The lowest BCUT2D eigenvalue weighted by molar-refractivity contribution is -0.292. The molecule has 9 aromatic rings. The molecule has 768 valence electrons. The van der Waals surface area contributed by atoms with Crippen LogP contribution in [-0.2, 0) is 58.9 Å². The van der Waals surface area contributed by atoms with E-state index in [0.717, 1.165) is 78.2 Å². The van der Waals surface area contributed by atoms with Crippen molar-refractivity contribution in [2.75, 3.05) is 114 Å². The van der Waals surface area contributed by atoms with E-state index < -0.39 is 75.0 Å². The summed E-state index contributed by atoms with van der Waals surface area (Å²) in [6, 6.07) is 43.2. The Morgan fingerprint density at radius 1 is 0.465 bits per heavy atom. The molecule has 12 heterocycles. The summed E-state index contributed by atoms with van der Waals surface area (Å²) >= 11 is 6.32. The van der Waals surface area contributed by atoms with Gasteiger partial charge in [0.05, 0.1) is 82.3 Å². The van der Waals surface area contributed by atoms with Gasteiger partial charge in [0.25, 0.3) is 35.2 Å². The second-order valence-electron chi connectivity index (χ2n) is 40.5. The number of fused-ring (bicyclic) bond motifs is 8. The van der Waals surface area contributed by atoms with Crippen molar-refractivity contribution in [3.05, 3.63) is 236 Å². The summed E-state index contributed by atoms with van der Waals surface area (Å²) in [5, 5.41) is 14.8. The fourth-order valence-electron chi connectivity index (χ4n) is 22.8. The quantitative estimate of drug-likeness (QED) is 0.0637. The molecule has 0 bridgehead atoms. The molecule has 0 atom stereocenters. The number of hydrogen-bond donors (Lipinski definition) is 2. The van der Waals surface area contributed by atoms with E-state index in [1.165, 1.54) is 34.7 Å². The number of hydrogen-bond acceptors (Lipinski definition) is 16. The maximum Gasteiger partial charge on any atom is 0.459 e. The predicted octanol–water partition coefficient (Wildman–Crippen LogP) is 19.9. The number of ketones is 3. The fourth-order valence-corrected chi connectivity index (χ4v) is 23.0. The number of alkyl halides is 11. The van der Waals surface area contributed by atoms with E-state index in [9.17, 15) is 87.0 Å². The molecule has 4 aromatic heterocycles. The van der Waals surface area contributed by atoms with E-state index in [-0.39, 0.29) is 68.3 Å². The monoisotopic (exact) mass is 2000 g/mol. The van der Waals surface area contributed by atoms with Gasteiger partial charge in [-0.15, -0.1) is 0 Å². The molecule has 5 aromatic carbocycles. The molecule has 2 N–H and O–H groups in total. The molecular formula is C106H128ClF11N12O12. The van der Waals surface area contributed by atoms with Crippen molar-refractivity contribution in [3.63, 3.8) is 0 Å². The largest absolute Gasteiger partial charge is 0.496 e. The number of likely N-dealkylation sites (tertiary alicyclic amines) is 4. The van der Waals surface area contributed by atoms with Gasteiger partial charge >= 0.3 is 24.5 Å². The van der Waals surface area contributed by atoms with E-state index in [0.29, 0.717) is 191 Å². The number of carbonyl (C=O) groups is 7. The normalized spacial score (nSPS) is 19.4. The Labute approximate surface area is 827 Å². The first kappa shape index (κ1) is 105. The minimum absolute atomic E-state index is 0. The number of halogens is 12. The van der Waals surface area contributed by atoms with Gasteiger partial charge in [-0.3, -0.25) is 53.6 Å². The van der Waals surface area contributed by atoms with E-state index in [2.05, 4.69) is 39.7 Å². The number of nitrogens with one attached hydrogen (secondary N) is 1. The van der Waals surface area contributed by atoms with Crippen LogP contribution < -0.4 is 24.3 Å². The first-order valence-electron chi connectivity index (χ1n) is 48.4. The molecule has 5 fully saturated rings. The fraction of sp³-hybridized carbons (Fsp3) is 0.500. The van der Waals surface area contributed by atoms with Crippen molar-refractivity contribution in [3.8, 4) is 34.1 Å². The number of amides is 4. The minimum Gasteiger partial charge on any atom is -0.496 e. The zero-order chi connectivity index (χ0) is 103. The van der Waals surface area contributed by atoms with Crippen LogP contribution in [0.2, 0.25) is 5.02 Å². The first-order valence-corrected chi connectivity index (χ1v) is 48.7. The molecule has 4 amide bonds. The Bertz CT molecular complexity index is 6170. The summed E-state index contributed by atoms with van der Waals surface area (Å²) in [6.45, 7) is 22.4. The van der Waals surface area contributed by atoms with Gasteiger partial charge in [0.2, 0.25) is 0 Å². The van der Waals surface area contributed by atoms with Crippen LogP contribution in [0.3, 0.4) is 0 Å². The van der Waals surface area contributed by atoms with Gasteiger partial charge in [0, 0.05) is 169 Å². The van der Waals surface area contributed by atoms with Crippen molar-refractivity contribution < 1.29 is 109 Å². The van der Waals surface area contributed by atoms with Crippen molar-refractivity contribution in [1.82, 2.24) is 57.9 Å². The van der Waals surface area contributed by atoms with Gasteiger partial charge in [0.1, 0.15) is 11.5 Å². The van der Waals surface area contributed by atoms with Crippen LogP contribution >= 0.6 is 11.6 Å². The molecule has 0 radical (unpaired) electrons. The highest BCUT2D eigenvalue weighted by molar-refractivity contribution is 6.32. The number of aromatic nitrogens is 4. The Balaban J connectivity index is 0.000000160. The molecule has 4 spiro atoms. The third-order valence-electron chi connectivity index (χ3n) is 30.2. The van der Waals surface area contributed by atoms with Crippen LogP contribution in [0.5, 0.6) is 23.0 Å². The Hall–Kier alpha value is -11.4. The summed E-state index contributed by atoms with van der Waals surface area (Å²) in [5.41, 5.74) is 2.85. The number of Topliss-reactive ketones (excluding diaryl/α,β-unsaturated/α-hetero) is 3. The van der Waals surface area contributed by atoms with Gasteiger partial charge in [0.15, 0.2) is 17.3 Å². The lowest BCUT2D eigenvalue weighted by Crippen LogP contribution is -2.63. The van der Waals surface area contributed by atoms with Crippen molar-refractivity contribution >= 4 is 52.6 Å². The maximum absolute atomic E-state index is 14.2. The summed E-state index contributed by atoms with van der Waals surface area (Å²) in [6.07, 6.45) is -5.41. The molecule has 24 nitrogen and oxygen atoms in total. The van der Waals surface area contributed by atoms with Gasteiger partial charge in [-0.1, -0.05) is 73.8 Å². The smallest absolute Gasteiger partial charge is 0.459 e. The van der Waals surface area contributed by atoms with E-state index >= 15 is 0 Å². The molecule has 142 heavy (non-hydrogen) atoms. The molecule has 18 rings (SSSR count). The average molecular weight is 2010 g/mol. The Morgan fingerprint density at radius 2 is 0.930 bits per heavy atom. The third kappa shape index (κ3) is 20.4. The predicted molar refractivity (Wildman–Crippen MR) is 518 cm³/mol. The lowest BCUT2D eigenvalue weighted by Gasteiger charge is -2.54. The van der Waals surface area contributed by atoms with Gasteiger partial charge in [-0.25, -0.2) is 0 Å². The first-order chi connectivity index (χ1) is 66.9. The number of aliphatic hydroxyl groups is 1. The zero-order valence-electron chi connectivity index (χ0n) is 82.3. The minimum atomic E-state index is -5.67. The molecule has 9 aliphatic rings. The van der Waals surface area contributed by atoms with Crippen LogP contribution in [0.4, 0.5) is 48.3 Å². The summed E-state index contributed by atoms with van der Waals surface area (Å²) in [5.74, 6) is -6.59. The summed E-state index contributed by atoms with van der Waals surface area (Å²) in [7, 11) is 9.12. The molecular weight excluding hydrogens is 1880 g/mol. The third-order valence-corrected chi connectivity index (χ3v) is 30.5. The molecule has 0 unspecified atom stereocenters. The molecule has 8 aliphatic heterocycles. The van der Waals surface area contributed by atoms with Crippen LogP contribution in [-0.4, -0.2) is 243 Å². The van der Waals surface area contributed by atoms with Crippen LogP contribution in [0.15, 0.2) is 158 Å². The number of nitrogens with zero attached hydrogens (tertiary/aromatic N) is 11. The highest BCUT2D eigenvalue weighted by atomic mass is 35.5. The summed E-state index contributed by atoms with van der Waals surface area (Å²) < 4.78 is 176. The number of rotatable bonds is 17. The van der Waals surface area contributed by atoms with Crippen LogP contribution in [0, 0.1) is 0 Å². The van der Waals surface area contributed by atoms with E-state index in [4.69, 9.17) is 30.5 Å². The highest BCUT2D eigenvalue weighted by Gasteiger charge is 2.62. The van der Waals surface area contributed by atoms with E-state index in [1.807, 2.05) is 125 Å². The summed E-state index contributed by atoms with van der Waals surface area (Å²) in [4.78, 5) is 103. The number of carbonyl (C=O) groups excluding carboxylic acids is 7. The molecule has 1 saturated carbocycles. The Morgan fingerprint density at radius 3 is 1.44 bits per heavy atom. The lowest BCUT2D eigenvalue weighted by atomic mass is 9.78. The number of ether oxygens (including phenoxy) is 4. The van der Waals surface area contributed by atoms with Crippen molar-refractivity contribution in [2.45, 2.75) is 228 Å². The standard InChI is InChI=1S/C29H30F3N3O3.C26H31ClF3N3O3.C26H30F5N3O2.C25H33N3O4.2H2/c1-27(2)18-35-22(25(36)29(30,31)32)11-12-24(35)28(33-27)13-15-34(16-14-28)26(37)20-9-10-21(23(17-20)38-3)19-7-5-4-6-8-19;1-16(2)36-20-7-6-17(12-19(20)27)23(35)32-10-8-25(9-11-32)21-13-18(22(34)26(28,29)30)14-33(21)24(3,4)15-31(25)5;1-32-16-17-34-20(8-9-21(34)25(27,28)26(29,30)31)23(32)12-14-33(15-13-23)22(35)18-4-6-19(7-5-18)24(36)10-2-3-11-24;1-5-16-32-21-8-6-19(17-22(21)31-4)24(30)27-12-10-25(11-13-27)23-9-7-20(18(2)29)28(23)15-14-26(25)3;;/h4-12,17,33H,13-16,18H2,1-3H3;6-7,12-14,16H,8-11,15H2,1-5H3;4-9,36H,2-3,10-17H2,1H3;6-9,17H,5,10-16H2,1-4H3;2*1H. The molecule has 4 saturated heterocycles. The molecule has 36 heteroatoms. The SMILES string of the molecule is CC(C)Oc1ccc(C(=O)N2CCC3(CC2)c2cc(C(=O)C(F)(F)F)cn2C(C)(C)CN3C)cc1Cl.CCCOc1ccc(C(=O)N2CCC3(CC2)c2ccc(C(C)=O)n2CCN3C)cc1OC.CN1CCn2c(ccc2C(F)(F)C(F)(F)F)C12CCN(C(=O)c1ccc(C3(O)CCCC3)cc1)CC2.COc1cc(C(=O)N2CCC3(CC2)NC(C)(C)Cn2c(C(=O)C(F)(F)F)ccc23)ccc1-c1ccccc1.[HH].[HH]. The average Bonchev–Trinajstić information content (AvgIpc) is 1.52. The highest BCUT2D eigenvalue weighted by Crippen LogP contribution is 2.52. The maximum atomic E-state index is 14.2. The number of benzene rings is 5. The zero-order valence-corrected chi connectivity index (χ0v) is 83.0. The van der Waals surface area contributed by atoms with E-state index in [1.54, 1.807) is 103 Å². The second-order valence-corrected chi connectivity index (χ2v) is 40.9. The van der Waals surface area contributed by atoms with Crippen molar-refractivity contribution in [1.29, 1.82) is 0 Å². The van der Waals surface area contributed by atoms with Crippen molar-refractivity contribution in [2.24, 2.45) is 0 Å². The Kier molecular flexibility index (Phi) is 29.8. The van der Waals surface area contributed by atoms with Gasteiger partial charge in [-0.05, 0) is 254 Å². The second kappa shape index (κ2) is 40.3. The topological polar surface area (TPSA) is 231 Å². The van der Waals surface area contributed by atoms with Gasteiger partial charge in [-0.2, -0.15) is 48.3 Å². The number of methoxy groups -OCH3 is 2. The number of likely N-dealkylation sites (N-methyl/N-ethyl adjacent to an activating group) is 3. The van der Waals surface area contributed by atoms with Crippen LogP contribution in [0.1, 0.15) is 249 Å². The van der Waals surface area contributed by atoms with Crippen LogP contribution in [0.25, 0.3) is 11.1 Å². The number of piperidine rings is 4. The molecule has 1 aliphatic carbocycles.